The Hall–Kier alpha value is -3.28. The minimum atomic E-state index is -2.98. The highest BCUT2D eigenvalue weighted by atomic mass is 19.3. The third-order valence-electron chi connectivity index (χ3n) is 3.40. The summed E-state index contributed by atoms with van der Waals surface area (Å²) in [6, 6.07) is 6.54. The molecular weight excluding hydrogens is 336 g/mol. The van der Waals surface area contributed by atoms with E-state index in [2.05, 4.69) is 4.74 Å². The van der Waals surface area contributed by atoms with Crippen molar-refractivity contribution in [3.63, 3.8) is 0 Å². The lowest BCUT2D eigenvalue weighted by Crippen LogP contribution is -2.42. The molecule has 25 heavy (non-hydrogen) atoms. The van der Waals surface area contributed by atoms with E-state index in [1.54, 1.807) is 13.0 Å². The topological polar surface area (TPSA) is 94.1 Å². The van der Waals surface area contributed by atoms with Crippen molar-refractivity contribution in [3.8, 4) is 11.8 Å². The first-order chi connectivity index (χ1) is 11.9. The molecule has 1 aromatic heterocycles. The Bertz CT molecular complexity index is 940. The monoisotopic (exact) mass is 349 g/mol. The molecule has 0 aliphatic carbocycles. The highest BCUT2D eigenvalue weighted by Gasteiger charge is 2.15. The van der Waals surface area contributed by atoms with Gasteiger partial charge in [-0.3, -0.25) is 18.7 Å². The number of carbonyl (C=O) groups excluding carboxylic acids is 1. The highest BCUT2D eigenvalue weighted by Crippen LogP contribution is 2.15. The van der Waals surface area contributed by atoms with E-state index < -0.39 is 30.2 Å². The number of nitriles is 1. The lowest BCUT2D eigenvalue weighted by atomic mass is 10.1. The maximum atomic E-state index is 12.3. The summed E-state index contributed by atoms with van der Waals surface area (Å²) in [4.78, 5) is 36.6. The van der Waals surface area contributed by atoms with E-state index in [0.29, 0.717) is 4.57 Å². The second-order valence-electron chi connectivity index (χ2n) is 4.94. The number of aromatic nitrogens is 2. The minimum Gasteiger partial charge on any atom is -0.435 e. The molecular formula is C16H13F2N3O4. The Morgan fingerprint density at radius 1 is 1.28 bits per heavy atom. The predicted molar refractivity (Wildman–Crippen MR) is 82.8 cm³/mol. The van der Waals surface area contributed by atoms with Gasteiger partial charge in [-0.15, -0.1) is 0 Å². The van der Waals surface area contributed by atoms with Crippen molar-refractivity contribution in [2.24, 2.45) is 0 Å². The van der Waals surface area contributed by atoms with Crippen LogP contribution in [0.1, 0.15) is 22.8 Å². The van der Waals surface area contributed by atoms with Gasteiger partial charge in [0.1, 0.15) is 17.4 Å². The number of carbonyl (C=O) groups is 1. The van der Waals surface area contributed by atoms with Gasteiger partial charge in [0.15, 0.2) is 5.78 Å². The van der Waals surface area contributed by atoms with Gasteiger partial charge in [0.05, 0.1) is 6.54 Å². The average molecular weight is 349 g/mol. The number of rotatable bonds is 6. The average Bonchev–Trinajstić information content (AvgIpc) is 2.59. The molecule has 0 aliphatic heterocycles. The molecule has 1 heterocycles. The van der Waals surface area contributed by atoms with Gasteiger partial charge in [0.2, 0.25) is 0 Å². The zero-order valence-electron chi connectivity index (χ0n) is 13.1. The first-order valence-electron chi connectivity index (χ1n) is 7.19. The highest BCUT2D eigenvalue weighted by molar-refractivity contribution is 5.96. The maximum absolute atomic E-state index is 12.3. The molecule has 0 bridgehead atoms. The number of ether oxygens (including phenoxy) is 1. The van der Waals surface area contributed by atoms with Crippen LogP contribution in [0.5, 0.6) is 5.75 Å². The van der Waals surface area contributed by atoms with E-state index in [1.807, 2.05) is 0 Å². The number of nitrogens with zero attached hydrogens (tertiary/aromatic N) is 3. The van der Waals surface area contributed by atoms with Crippen molar-refractivity contribution in [2.45, 2.75) is 26.6 Å². The molecule has 1 aromatic carbocycles. The first-order valence-corrected chi connectivity index (χ1v) is 7.19. The fraction of sp³-hybridized carbons (Fsp3) is 0.250. The van der Waals surface area contributed by atoms with E-state index in [1.165, 1.54) is 24.3 Å². The third-order valence-corrected chi connectivity index (χ3v) is 3.40. The number of halogens is 2. The smallest absolute Gasteiger partial charge is 0.387 e. The standard InChI is InChI=1S/C16H13F2N3O4/c1-2-20-8-11(7-19)14(23)21(16(20)24)9-13(22)10-3-5-12(6-4-10)25-15(17)18/h3-6,8,15H,2,9H2,1H3. The Balaban J connectivity index is 2.34. The van der Waals surface area contributed by atoms with E-state index in [4.69, 9.17) is 5.26 Å². The Labute approximate surface area is 140 Å². The molecule has 0 unspecified atom stereocenters. The van der Waals surface area contributed by atoms with Gasteiger partial charge < -0.3 is 4.74 Å². The summed E-state index contributed by atoms with van der Waals surface area (Å²) in [5.74, 6) is -0.705. The van der Waals surface area contributed by atoms with Crippen molar-refractivity contribution in [1.82, 2.24) is 9.13 Å². The zero-order valence-corrected chi connectivity index (χ0v) is 13.1. The van der Waals surface area contributed by atoms with Crippen LogP contribution in [0.4, 0.5) is 8.78 Å². The first kappa shape index (κ1) is 18.1. The Morgan fingerprint density at radius 3 is 2.44 bits per heavy atom. The number of Topliss-reactive ketones (excluding diaryl/α,β-unsaturated/α-hetero) is 1. The van der Waals surface area contributed by atoms with Gasteiger partial charge in [0.25, 0.3) is 5.56 Å². The van der Waals surface area contributed by atoms with Gasteiger partial charge in [-0.2, -0.15) is 14.0 Å². The number of hydrogen-bond acceptors (Lipinski definition) is 5. The molecule has 2 rings (SSSR count). The van der Waals surface area contributed by atoms with Crippen molar-refractivity contribution < 1.29 is 18.3 Å². The molecule has 0 amide bonds. The molecule has 9 heteroatoms. The molecule has 2 aromatic rings. The number of benzene rings is 1. The molecule has 0 spiro atoms. The molecule has 0 radical (unpaired) electrons. The van der Waals surface area contributed by atoms with Crippen LogP contribution in [0.25, 0.3) is 0 Å². The Kier molecular flexibility index (Phi) is 5.44. The summed E-state index contributed by atoms with van der Waals surface area (Å²) in [6.45, 7) is -1.67. The SMILES string of the molecule is CCn1cc(C#N)c(=O)n(CC(=O)c2ccc(OC(F)F)cc2)c1=O. The van der Waals surface area contributed by atoms with Crippen LogP contribution in [0.2, 0.25) is 0 Å². The van der Waals surface area contributed by atoms with Crippen molar-refractivity contribution in [1.29, 1.82) is 5.26 Å². The largest absolute Gasteiger partial charge is 0.435 e. The number of aryl methyl sites for hydroxylation is 1. The molecule has 0 aliphatic rings. The van der Waals surface area contributed by atoms with Gasteiger partial charge >= 0.3 is 12.3 Å². The molecule has 0 saturated heterocycles. The van der Waals surface area contributed by atoms with Gasteiger partial charge in [0, 0.05) is 18.3 Å². The summed E-state index contributed by atoms with van der Waals surface area (Å²) in [5, 5.41) is 8.97. The normalized spacial score (nSPS) is 10.5. The minimum absolute atomic E-state index is 0.110. The van der Waals surface area contributed by atoms with Crippen molar-refractivity contribution >= 4 is 5.78 Å². The lowest BCUT2D eigenvalue weighted by Gasteiger charge is -2.09. The van der Waals surface area contributed by atoms with E-state index >= 15 is 0 Å². The fourth-order valence-electron chi connectivity index (χ4n) is 2.15. The van der Waals surface area contributed by atoms with Gasteiger partial charge in [-0.1, -0.05) is 0 Å². The Morgan fingerprint density at radius 2 is 1.92 bits per heavy atom. The summed E-state index contributed by atoms with van der Waals surface area (Å²) in [5.41, 5.74) is -1.71. The summed E-state index contributed by atoms with van der Waals surface area (Å²) in [6.07, 6.45) is 1.14. The van der Waals surface area contributed by atoms with Gasteiger partial charge in [-0.25, -0.2) is 4.79 Å². The molecule has 0 saturated carbocycles. The van der Waals surface area contributed by atoms with Crippen LogP contribution in [-0.2, 0) is 13.1 Å². The number of ketones is 1. The summed E-state index contributed by atoms with van der Waals surface area (Å²) < 4.78 is 30.2. The fourth-order valence-corrected chi connectivity index (χ4v) is 2.15. The van der Waals surface area contributed by atoms with E-state index in [-0.39, 0.29) is 23.4 Å². The van der Waals surface area contributed by atoms with Crippen LogP contribution in [0.15, 0.2) is 40.1 Å². The second kappa shape index (κ2) is 7.53. The van der Waals surface area contributed by atoms with E-state index in [9.17, 15) is 23.2 Å². The van der Waals surface area contributed by atoms with Gasteiger partial charge in [-0.05, 0) is 31.2 Å². The second-order valence-corrected chi connectivity index (χ2v) is 4.94. The molecule has 0 fully saturated rings. The third kappa shape index (κ3) is 3.98. The maximum Gasteiger partial charge on any atom is 0.387 e. The molecule has 130 valence electrons. The predicted octanol–water partition coefficient (Wildman–Crippen LogP) is 1.39. The van der Waals surface area contributed by atoms with Crippen molar-refractivity contribution in [2.75, 3.05) is 0 Å². The van der Waals surface area contributed by atoms with E-state index in [0.717, 1.165) is 10.8 Å². The quantitative estimate of drug-likeness (QED) is 0.735. The molecule has 0 N–H and O–H groups in total. The summed E-state index contributed by atoms with van der Waals surface area (Å²) in [7, 11) is 0. The van der Waals surface area contributed by atoms with Crippen LogP contribution >= 0.6 is 0 Å². The zero-order chi connectivity index (χ0) is 18.6. The summed E-state index contributed by atoms with van der Waals surface area (Å²) >= 11 is 0. The number of hydrogen-bond donors (Lipinski definition) is 0. The van der Waals surface area contributed by atoms with Crippen LogP contribution < -0.4 is 16.0 Å². The lowest BCUT2D eigenvalue weighted by molar-refractivity contribution is -0.0498. The van der Waals surface area contributed by atoms with Crippen molar-refractivity contribution in [3.05, 3.63) is 62.4 Å². The molecule has 0 atom stereocenters. The molecule has 7 nitrogen and oxygen atoms in total. The van der Waals surface area contributed by atoms with Crippen LogP contribution in [0.3, 0.4) is 0 Å². The van der Waals surface area contributed by atoms with Crippen LogP contribution in [-0.4, -0.2) is 21.5 Å². The van der Waals surface area contributed by atoms with Crippen LogP contribution in [0, 0.1) is 11.3 Å². The number of alkyl halides is 2.